The molecule has 0 saturated carbocycles. The van der Waals surface area contributed by atoms with Crippen LogP contribution in [-0.2, 0) is 6.54 Å². The van der Waals surface area contributed by atoms with E-state index in [0.717, 1.165) is 5.56 Å². The van der Waals surface area contributed by atoms with Crippen LogP contribution >= 0.6 is 0 Å². The SMILES string of the molecule is CC(C)COc1cccc(C(=O)N(C)Cc2ccc(C#N)cc2)c1. The van der Waals surface area contributed by atoms with E-state index >= 15 is 0 Å². The number of carbonyl (C=O) groups excluding carboxylic acids is 1. The highest BCUT2D eigenvalue weighted by Crippen LogP contribution is 2.16. The minimum atomic E-state index is -0.0608. The second kappa shape index (κ2) is 8.16. The van der Waals surface area contributed by atoms with Gasteiger partial charge >= 0.3 is 0 Å². The lowest BCUT2D eigenvalue weighted by Crippen LogP contribution is -2.26. The Morgan fingerprint density at radius 3 is 2.54 bits per heavy atom. The summed E-state index contributed by atoms with van der Waals surface area (Å²) in [5.41, 5.74) is 2.20. The summed E-state index contributed by atoms with van der Waals surface area (Å²) >= 11 is 0. The van der Waals surface area contributed by atoms with Crippen molar-refractivity contribution in [3.63, 3.8) is 0 Å². The predicted molar refractivity (Wildman–Crippen MR) is 93.7 cm³/mol. The fraction of sp³-hybridized carbons (Fsp3) is 0.300. The van der Waals surface area contributed by atoms with Crippen molar-refractivity contribution in [3.8, 4) is 11.8 Å². The van der Waals surface area contributed by atoms with Gasteiger partial charge in [-0.25, -0.2) is 0 Å². The number of amides is 1. The van der Waals surface area contributed by atoms with E-state index in [1.54, 1.807) is 36.2 Å². The van der Waals surface area contributed by atoms with Crippen LogP contribution in [0.25, 0.3) is 0 Å². The van der Waals surface area contributed by atoms with Crippen LogP contribution in [0.4, 0.5) is 0 Å². The first-order valence-corrected chi connectivity index (χ1v) is 7.97. The van der Waals surface area contributed by atoms with Crippen LogP contribution in [0.15, 0.2) is 48.5 Å². The third kappa shape index (κ3) is 4.85. The molecular formula is C20H22N2O2. The Morgan fingerprint density at radius 1 is 1.21 bits per heavy atom. The van der Waals surface area contributed by atoms with Gasteiger partial charge in [-0.1, -0.05) is 32.0 Å². The summed E-state index contributed by atoms with van der Waals surface area (Å²) in [6.07, 6.45) is 0. The van der Waals surface area contributed by atoms with Gasteiger partial charge in [-0.05, 0) is 41.8 Å². The van der Waals surface area contributed by atoms with E-state index in [9.17, 15) is 4.79 Å². The number of hydrogen-bond donors (Lipinski definition) is 0. The molecule has 2 aromatic carbocycles. The van der Waals surface area contributed by atoms with Crippen LogP contribution in [0.2, 0.25) is 0 Å². The summed E-state index contributed by atoms with van der Waals surface area (Å²) in [6, 6.07) is 16.6. The molecule has 2 rings (SSSR count). The number of carbonyl (C=O) groups is 1. The number of nitriles is 1. The van der Waals surface area contributed by atoms with Crippen molar-refractivity contribution in [1.29, 1.82) is 5.26 Å². The zero-order valence-electron chi connectivity index (χ0n) is 14.3. The zero-order valence-corrected chi connectivity index (χ0v) is 14.3. The monoisotopic (exact) mass is 322 g/mol. The molecule has 0 fully saturated rings. The van der Waals surface area contributed by atoms with E-state index in [4.69, 9.17) is 10.00 Å². The van der Waals surface area contributed by atoms with E-state index in [0.29, 0.717) is 35.9 Å². The molecule has 4 nitrogen and oxygen atoms in total. The Balaban J connectivity index is 2.04. The molecule has 2 aromatic rings. The molecular weight excluding hydrogens is 300 g/mol. The maximum absolute atomic E-state index is 12.6. The Hall–Kier alpha value is -2.80. The van der Waals surface area contributed by atoms with Gasteiger partial charge in [-0.3, -0.25) is 4.79 Å². The summed E-state index contributed by atoms with van der Waals surface area (Å²) in [4.78, 5) is 14.2. The highest BCUT2D eigenvalue weighted by Gasteiger charge is 2.13. The van der Waals surface area contributed by atoms with Gasteiger partial charge in [0.2, 0.25) is 0 Å². The quantitative estimate of drug-likeness (QED) is 0.811. The summed E-state index contributed by atoms with van der Waals surface area (Å²) in [5, 5.41) is 8.82. The number of ether oxygens (including phenoxy) is 1. The van der Waals surface area contributed by atoms with E-state index < -0.39 is 0 Å². The lowest BCUT2D eigenvalue weighted by Gasteiger charge is -2.18. The van der Waals surface area contributed by atoms with Gasteiger partial charge in [0, 0.05) is 19.2 Å². The smallest absolute Gasteiger partial charge is 0.254 e. The lowest BCUT2D eigenvalue weighted by molar-refractivity contribution is 0.0784. The van der Waals surface area contributed by atoms with Gasteiger partial charge in [-0.2, -0.15) is 5.26 Å². The van der Waals surface area contributed by atoms with Crippen molar-refractivity contribution in [2.45, 2.75) is 20.4 Å². The predicted octanol–water partition coefficient (Wildman–Crippen LogP) is 3.87. The first-order valence-electron chi connectivity index (χ1n) is 7.97. The molecule has 0 aliphatic heterocycles. The zero-order chi connectivity index (χ0) is 17.5. The lowest BCUT2D eigenvalue weighted by atomic mass is 10.1. The minimum Gasteiger partial charge on any atom is -0.493 e. The number of nitrogens with zero attached hydrogens (tertiary/aromatic N) is 2. The maximum Gasteiger partial charge on any atom is 0.254 e. The first kappa shape index (κ1) is 17.6. The normalized spacial score (nSPS) is 10.3. The van der Waals surface area contributed by atoms with Crippen molar-refractivity contribution in [2.24, 2.45) is 5.92 Å². The first-order chi connectivity index (χ1) is 11.5. The van der Waals surface area contributed by atoms with Crippen LogP contribution in [0.3, 0.4) is 0 Å². The average Bonchev–Trinajstić information content (AvgIpc) is 2.60. The molecule has 0 radical (unpaired) electrons. The molecule has 0 aliphatic rings. The molecule has 0 heterocycles. The van der Waals surface area contributed by atoms with E-state index in [1.807, 2.05) is 24.3 Å². The molecule has 4 heteroatoms. The van der Waals surface area contributed by atoms with Gasteiger partial charge in [-0.15, -0.1) is 0 Å². The molecule has 0 bridgehead atoms. The molecule has 24 heavy (non-hydrogen) atoms. The van der Waals surface area contributed by atoms with E-state index in [2.05, 4.69) is 19.9 Å². The molecule has 0 saturated heterocycles. The van der Waals surface area contributed by atoms with Crippen molar-refractivity contribution in [2.75, 3.05) is 13.7 Å². The molecule has 1 amide bonds. The van der Waals surface area contributed by atoms with Gasteiger partial charge in [0.05, 0.1) is 18.2 Å². The summed E-state index contributed by atoms with van der Waals surface area (Å²) in [7, 11) is 1.77. The van der Waals surface area contributed by atoms with Gasteiger partial charge in [0.15, 0.2) is 0 Å². The fourth-order valence-corrected chi connectivity index (χ4v) is 2.23. The molecule has 0 N–H and O–H groups in total. The average molecular weight is 322 g/mol. The fourth-order valence-electron chi connectivity index (χ4n) is 2.23. The van der Waals surface area contributed by atoms with Crippen molar-refractivity contribution in [3.05, 3.63) is 65.2 Å². The van der Waals surface area contributed by atoms with Crippen LogP contribution < -0.4 is 4.74 Å². The third-order valence-corrected chi connectivity index (χ3v) is 3.51. The van der Waals surface area contributed by atoms with Crippen molar-refractivity contribution >= 4 is 5.91 Å². The largest absolute Gasteiger partial charge is 0.493 e. The molecule has 0 atom stereocenters. The molecule has 0 spiro atoms. The van der Waals surface area contributed by atoms with Crippen LogP contribution in [0.5, 0.6) is 5.75 Å². The highest BCUT2D eigenvalue weighted by molar-refractivity contribution is 5.94. The van der Waals surface area contributed by atoms with Gasteiger partial charge in [0.25, 0.3) is 5.91 Å². The second-order valence-corrected chi connectivity index (χ2v) is 6.20. The number of rotatable bonds is 6. The molecule has 0 aliphatic carbocycles. The Labute approximate surface area is 143 Å². The summed E-state index contributed by atoms with van der Waals surface area (Å²) in [5.74, 6) is 1.08. The molecule has 0 aromatic heterocycles. The van der Waals surface area contributed by atoms with Crippen molar-refractivity contribution < 1.29 is 9.53 Å². The Morgan fingerprint density at radius 2 is 1.92 bits per heavy atom. The maximum atomic E-state index is 12.6. The summed E-state index contributed by atoms with van der Waals surface area (Å²) < 4.78 is 5.68. The second-order valence-electron chi connectivity index (χ2n) is 6.20. The number of benzene rings is 2. The van der Waals surface area contributed by atoms with Crippen LogP contribution in [-0.4, -0.2) is 24.5 Å². The molecule has 0 unspecified atom stereocenters. The number of hydrogen-bond acceptors (Lipinski definition) is 3. The molecule has 124 valence electrons. The summed E-state index contributed by atoms with van der Waals surface area (Å²) in [6.45, 7) is 5.28. The Kier molecular flexibility index (Phi) is 5.97. The third-order valence-electron chi connectivity index (χ3n) is 3.51. The highest BCUT2D eigenvalue weighted by atomic mass is 16.5. The minimum absolute atomic E-state index is 0.0608. The van der Waals surface area contributed by atoms with Gasteiger partial charge < -0.3 is 9.64 Å². The van der Waals surface area contributed by atoms with Crippen molar-refractivity contribution in [1.82, 2.24) is 4.90 Å². The van der Waals surface area contributed by atoms with E-state index in [1.165, 1.54) is 0 Å². The standard InChI is InChI=1S/C20H22N2O2/c1-15(2)14-24-19-6-4-5-18(11-19)20(23)22(3)13-17-9-7-16(12-21)8-10-17/h4-11,15H,13-14H2,1-3H3. The van der Waals surface area contributed by atoms with Crippen LogP contribution in [0.1, 0.15) is 35.3 Å². The van der Waals surface area contributed by atoms with Gasteiger partial charge in [0.1, 0.15) is 5.75 Å². The topological polar surface area (TPSA) is 53.3 Å². The Bertz CT molecular complexity index is 730. The van der Waals surface area contributed by atoms with Crippen LogP contribution in [0, 0.1) is 17.2 Å². The van der Waals surface area contributed by atoms with E-state index in [-0.39, 0.29) is 5.91 Å².